The van der Waals surface area contributed by atoms with Crippen molar-refractivity contribution >= 4 is 5.78 Å². The molecule has 1 aliphatic rings. The average Bonchev–Trinajstić information content (AvgIpc) is 2.61. The smallest absolute Gasteiger partial charge is 0.138 e. The molecule has 0 radical (unpaired) electrons. The van der Waals surface area contributed by atoms with Crippen molar-refractivity contribution in [2.45, 2.75) is 39.5 Å². The number of ether oxygens (including phenoxy) is 1. The molecule has 0 saturated heterocycles. The van der Waals surface area contributed by atoms with Crippen LogP contribution >= 0.6 is 0 Å². The lowest BCUT2D eigenvalue weighted by Gasteiger charge is -2.19. The fraction of sp³-hybridized carbons (Fsp3) is 0.917. The van der Waals surface area contributed by atoms with Crippen LogP contribution in [-0.2, 0) is 9.53 Å². The molecule has 2 nitrogen and oxygen atoms in total. The lowest BCUT2D eigenvalue weighted by molar-refractivity contribution is -0.127. The Kier molecular flexibility index (Phi) is 4.59. The highest BCUT2D eigenvalue weighted by Crippen LogP contribution is 2.36. The first-order valence-corrected chi connectivity index (χ1v) is 5.69. The molecule has 2 unspecified atom stereocenters. The van der Waals surface area contributed by atoms with E-state index in [1.54, 1.807) is 7.11 Å². The summed E-state index contributed by atoms with van der Waals surface area (Å²) in [5, 5.41) is 0. The third-order valence-electron chi connectivity index (χ3n) is 3.29. The summed E-state index contributed by atoms with van der Waals surface area (Å²) in [7, 11) is 1.73. The van der Waals surface area contributed by atoms with Gasteiger partial charge in [-0.05, 0) is 25.2 Å². The number of carbonyl (C=O) groups excluding carboxylic acids is 1. The number of ketones is 1. The van der Waals surface area contributed by atoms with Crippen molar-refractivity contribution in [3.63, 3.8) is 0 Å². The number of methoxy groups -OCH3 is 1. The molecule has 1 rings (SSSR count). The van der Waals surface area contributed by atoms with Gasteiger partial charge < -0.3 is 4.74 Å². The van der Waals surface area contributed by atoms with E-state index in [0.717, 1.165) is 19.4 Å². The second kappa shape index (κ2) is 5.50. The van der Waals surface area contributed by atoms with E-state index in [1.807, 2.05) is 13.8 Å². The molecule has 2 atom stereocenters. The van der Waals surface area contributed by atoms with Crippen LogP contribution in [0.25, 0.3) is 0 Å². The SMILES string of the molecule is COCCC1CCCC1C(=O)C(C)C. The minimum Gasteiger partial charge on any atom is -0.385 e. The van der Waals surface area contributed by atoms with Gasteiger partial charge >= 0.3 is 0 Å². The van der Waals surface area contributed by atoms with Gasteiger partial charge in [-0.25, -0.2) is 0 Å². The fourth-order valence-corrected chi connectivity index (χ4v) is 2.45. The van der Waals surface area contributed by atoms with Crippen molar-refractivity contribution in [3.05, 3.63) is 0 Å². The zero-order chi connectivity index (χ0) is 10.6. The average molecular weight is 198 g/mol. The maximum Gasteiger partial charge on any atom is 0.138 e. The topological polar surface area (TPSA) is 26.3 Å². The van der Waals surface area contributed by atoms with Gasteiger partial charge in [0, 0.05) is 25.6 Å². The van der Waals surface area contributed by atoms with Crippen LogP contribution in [0, 0.1) is 17.8 Å². The van der Waals surface area contributed by atoms with Crippen molar-refractivity contribution in [1.29, 1.82) is 0 Å². The second-order valence-electron chi connectivity index (χ2n) is 4.64. The minimum atomic E-state index is 0.197. The van der Waals surface area contributed by atoms with Crippen molar-refractivity contribution in [2.24, 2.45) is 17.8 Å². The van der Waals surface area contributed by atoms with Crippen LogP contribution in [-0.4, -0.2) is 19.5 Å². The number of rotatable bonds is 5. The highest BCUT2D eigenvalue weighted by atomic mass is 16.5. The molecule has 0 aromatic rings. The predicted octanol–water partition coefficient (Wildman–Crippen LogP) is 2.66. The first-order chi connectivity index (χ1) is 6.66. The maximum atomic E-state index is 11.9. The molecule has 0 spiro atoms. The van der Waals surface area contributed by atoms with E-state index < -0.39 is 0 Å². The molecular formula is C12H22O2. The Bertz CT molecular complexity index is 187. The summed E-state index contributed by atoms with van der Waals surface area (Å²) in [5.41, 5.74) is 0. The van der Waals surface area contributed by atoms with Gasteiger partial charge in [-0.2, -0.15) is 0 Å². The molecule has 0 aromatic heterocycles. The second-order valence-corrected chi connectivity index (χ2v) is 4.64. The summed E-state index contributed by atoms with van der Waals surface area (Å²) in [4.78, 5) is 11.9. The minimum absolute atomic E-state index is 0.197. The molecule has 0 aromatic carbocycles. The van der Waals surface area contributed by atoms with Gasteiger partial charge in [-0.3, -0.25) is 4.79 Å². The monoisotopic (exact) mass is 198 g/mol. The molecule has 1 fully saturated rings. The Labute approximate surface area is 87.0 Å². The Balaban J connectivity index is 2.46. The molecule has 0 bridgehead atoms. The molecular weight excluding hydrogens is 176 g/mol. The highest BCUT2D eigenvalue weighted by molar-refractivity contribution is 5.83. The zero-order valence-electron chi connectivity index (χ0n) is 9.58. The van der Waals surface area contributed by atoms with E-state index in [1.165, 1.54) is 12.8 Å². The predicted molar refractivity (Wildman–Crippen MR) is 57.2 cm³/mol. The van der Waals surface area contributed by atoms with Crippen molar-refractivity contribution in [3.8, 4) is 0 Å². The maximum absolute atomic E-state index is 11.9. The summed E-state index contributed by atoms with van der Waals surface area (Å²) in [6.07, 6.45) is 4.59. The lowest BCUT2D eigenvalue weighted by Crippen LogP contribution is -2.24. The number of hydrogen-bond donors (Lipinski definition) is 0. The summed E-state index contributed by atoms with van der Waals surface area (Å²) >= 11 is 0. The number of hydrogen-bond acceptors (Lipinski definition) is 2. The van der Waals surface area contributed by atoms with Crippen molar-refractivity contribution in [1.82, 2.24) is 0 Å². The molecule has 14 heavy (non-hydrogen) atoms. The van der Waals surface area contributed by atoms with Crippen LogP contribution in [0.2, 0.25) is 0 Å². The van der Waals surface area contributed by atoms with Gasteiger partial charge in [-0.1, -0.05) is 20.3 Å². The van der Waals surface area contributed by atoms with Gasteiger partial charge in [0.15, 0.2) is 0 Å². The van der Waals surface area contributed by atoms with Crippen LogP contribution in [0.5, 0.6) is 0 Å². The molecule has 0 N–H and O–H groups in total. The van der Waals surface area contributed by atoms with Crippen molar-refractivity contribution < 1.29 is 9.53 Å². The van der Waals surface area contributed by atoms with Crippen LogP contribution in [0.3, 0.4) is 0 Å². The Hall–Kier alpha value is -0.370. The Morgan fingerprint density at radius 1 is 1.43 bits per heavy atom. The van der Waals surface area contributed by atoms with Crippen LogP contribution in [0.15, 0.2) is 0 Å². The van der Waals surface area contributed by atoms with Gasteiger partial charge in [0.05, 0.1) is 0 Å². The Morgan fingerprint density at radius 2 is 2.14 bits per heavy atom. The normalized spacial score (nSPS) is 27.1. The first-order valence-electron chi connectivity index (χ1n) is 5.69. The van der Waals surface area contributed by atoms with Gasteiger partial charge in [-0.15, -0.1) is 0 Å². The summed E-state index contributed by atoms with van der Waals surface area (Å²) in [6.45, 7) is 4.81. The standard InChI is InChI=1S/C12H22O2/c1-9(2)12(13)11-6-4-5-10(11)7-8-14-3/h9-11H,4-8H2,1-3H3. The van der Waals surface area contributed by atoms with E-state index in [2.05, 4.69) is 0 Å². The third kappa shape index (κ3) is 2.81. The highest BCUT2D eigenvalue weighted by Gasteiger charge is 2.33. The van der Waals surface area contributed by atoms with Crippen LogP contribution in [0.4, 0.5) is 0 Å². The van der Waals surface area contributed by atoms with E-state index in [-0.39, 0.29) is 5.92 Å². The largest absolute Gasteiger partial charge is 0.385 e. The molecule has 2 heteroatoms. The molecule has 1 saturated carbocycles. The number of carbonyl (C=O) groups is 1. The fourth-order valence-electron chi connectivity index (χ4n) is 2.45. The van der Waals surface area contributed by atoms with Crippen LogP contribution in [0.1, 0.15) is 39.5 Å². The molecule has 82 valence electrons. The quantitative estimate of drug-likeness (QED) is 0.679. The zero-order valence-corrected chi connectivity index (χ0v) is 9.58. The molecule has 0 aliphatic heterocycles. The van der Waals surface area contributed by atoms with Gasteiger partial charge in [0.25, 0.3) is 0 Å². The van der Waals surface area contributed by atoms with E-state index >= 15 is 0 Å². The number of Topliss-reactive ketones (excluding diaryl/α,β-unsaturated/α-hetero) is 1. The third-order valence-corrected chi connectivity index (χ3v) is 3.29. The molecule has 0 heterocycles. The first kappa shape index (κ1) is 11.7. The summed E-state index contributed by atoms with van der Waals surface area (Å²) < 4.78 is 5.08. The van der Waals surface area contributed by atoms with E-state index in [4.69, 9.17) is 4.74 Å². The lowest BCUT2D eigenvalue weighted by atomic mass is 9.85. The van der Waals surface area contributed by atoms with Crippen LogP contribution < -0.4 is 0 Å². The Morgan fingerprint density at radius 3 is 2.71 bits per heavy atom. The van der Waals surface area contributed by atoms with E-state index in [0.29, 0.717) is 17.6 Å². The summed E-state index contributed by atoms with van der Waals surface area (Å²) in [6, 6.07) is 0. The van der Waals surface area contributed by atoms with Gasteiger partial charge in [0.2, 0.25) is 0 Å². The van der Waals surface area contributed by atoms with Gasteiger partial charge in [0.1, 0.15) is 5.78 Å². The molecule has 1 aliphatic carbocycles. The molecule has 0 amide bonds. The summed E-state index contributed by atoms with van der Waals surface area (Å²) in [5.74, 6) is 1.57. The van der Waals surface area contributed by atoms with E-state index in [9.17, 15) is 4.79 Å². The van der Waals surface area contributed by atoms with Crippen molar-refractivity contribution in [2.75, 3.05) is 13.7 Å².